The van der Waals surface area contributed by atoms with E-state index in [0.717, 1.165) is 16.8 Å². The second kappa shape index (κ2) is 6.63. The molecule has 3 rings (SSSR count). The van der Waals surface area contributed by atoms with Crippen molar-refractivity contribution in [3.63, 3.8) is 0 Å². The van der Waals surface area contributed by atoms with Crippen molar-refractivity contribution in [3.05, 3.63) is 71.9 Å². The van der Waals surface area contributed by atoms with Crippen LogP contribution in [0.15, 0.2) is 53.4 Å². The zero-order valence-corrected chi connectivity index (χ0v) is 12.3. The van der Waals surface area contributed by atoms with E-state index >= 15 is 0 Å². The number of aliphatic hydroxyl groups is 1. The van der Waals surface area contributed by atoms with Crippen molar-refractivity contribution in [2.45, 2.75) is 6.10 Å². The van der Waals surface area contributed by atoms with Gasteiger partial charge in [0.25, 0.3) is 5.91 Å². The second-order valence-corrected chi connectivity index (χ2v) is 5.01. The van der Waals surface area contributed by atoms with Crippen LogP contribution >= 0.6 is 0 Å². The predicted molar refractivity (Wildman–Crippen MR) is 79.5 cm³/mol. The number of nitrogens with zero attached hydrogens (tertiary/aromatic N) is 2. The van der Waals surface area contributed by atoms with Gasteiger partial charge in [-0.1, -0.05) is 0 Å². The Bertz CT molecular complexity index is 846. The first kappa shape index (κ1) is 15.9. The van der Waals surface area contributed by atoms with Gasteiger partial charge in [0.05, 0.1) is 24.6 Å². The fraction of sp³-hybridized carbons (Fsp3) is 0.125. The van der Waals surface area contributed by atoms with Crippen LogP contribution in [-0.2, 0) is 0 Å². The zero-order valence-electron chi connectivity index (χ0n) is 12.3. The first-order valence-corrected chi connectivity index (χ1v) is 7.04. The van der Waals surface area contributed by atoms with Gasteiger partial charge < -0.3 is 14.8 Å². The highest BCUT2D eigenvalue weighted by atomic mass is 19.1. The average molecular weight is 333 g/mol. The van der Waals surface area contributed by atoms with Gasteiger partial charge in [0.2, 0.25) is 0 Å². The molecule has 2 heterocycles. The molecule has 0 saturated heterocycles. The highest BCUT2D eigenvalue weighted by Crippen LogP contribution is 2.15. The van der Waals surface area contributed by atoms with Gasteiger partial charge in [-0.3, -0.25) is 4.79 Å². The molecule has 2 N–H and O–H groups in total. The van der Waals surface area contributed by atoms with Gasteiger partial charge in [-0.25, -0.2) is 13.5 Å². The molecule has 8 heteroatoms. The van der Waals surface area contributed by atoms with Crippen LogP contribution < -0.4 is 5.32 Å². The summed E-state index contributed by atoms with van der Waals surface area (Å²) in [7, 11) is 0. The number of furan rings is 1. The molecular formula is C16H13F2N3O3. The van der Waals surface area contributed by atoms with Crippen LogP contribution in [0.25, 0.3) is 5.69 Å². The van der Waals surface area contributed by atoms with Crippen LogP contribution in [0.1, 0.15) is 22.2 Å². The molecule has 3 aromatic rings. The molecule has 1 aromatic carbocycles. The van der Waals surface area contributed by atoms with Crippen molar-refractivity contribution in [2.75, 3.05) is 6.54 Å². The molecule has 0 fully saturated rings. The summed E-state index contributed by atoms with van der Waals surface area (Å²) < 4.78 is 32.8. The molecule has 0 radical (unpaired) electrons. The minimum Gasteiger partial charge on any atom is -0.467 e. The van der Waals surface area contributed by atoms with E-state index < -0.39 is 23.6 Å². The summed E-state index contributed by atoms with van der Waals surface area (Å²) in [5.74, 6) is -1.65. The van der Waals surface area contributed by atoms with E-state index in [1.54, 1.807) is 12.1 Å². The highest BCUT2D eigenvalue weighted by Gasteiger charge is 2.15. The van der Waals surface area contributed by atoms with Crippen LogP contribution in [0, 0.1) is 11.6 Å². The number of carbonyl (C=O) groups is 1. The largest absolute Gasteiger partial charge is 0.467 e. The Morgan fingerprint density at radius 1 is 1.38 bits per heavy atom. The van der Waals surface area contributed by atoms with Gasteiger partial charge in [-0.2, -0.15) is 5.10 Å². The third-order valence-corrected chi connectivity index (χ3v) is 3.33. The smallest absolute Gasteiger partial charge is 0.254 e. The monoisotopic (exact) mass is 333 g/mol. The molecule has 1 amide bonds. The number of carbonyl (C=O) groups excluding carboxylic acids is 1. The van der Waals surface area contributed by atoms with E-state index in [2.05, 4.69) is 10.4 Å². The summed E-state index contributed by atoms with van der Waals surface area (Å²) in [4.78, 5) is 12.0. The van der Waals surface area contributed by atoms with Crippen LogP contribution in [0.3, 0.4) is 0 Å². The Balaban J connectivity index is 1.67. The van der Waals surface area contributed by atoms with Gasteiger partial charge in [-0.05, 0) is 24.3 Å². The van der Waals surface area contributed by atoms with Crippen LogP contribution in [0.4, 0.5) is 8.78 Å². The molecule has 0 bridgehead atoms. The lowest BCUT2D eigenvalue weighted by atomic mass is 10.2. The van der Waals surface area contributed by atoms with E-state index in [4.69, 9.17) is 4.42 Å². The standard InChI is InChI=1S/C16H13F2N3O3/c17-11-3-4-13(12(18)6-11)21-9-10(7-20-21)16(23)19-8-14(22)15-2-1-5-24-15/h1-7,9,14,22H,8H2,(H,19,23). The van der Waals surface area contributed by atoms with Crippen LogP contribution in [0.5, 0.6) is 0 Å². The van der Waals surface area contributed by atoms with Gasteiger partial charge in [0, 0.05) is 12.3 Å². The van der Waals surface area contributed by atoms with Gasteiger partial charge >= 0.3 is 0 Å². The van der Waals surface area contributed by atoms with E-state index in [9.17, 15) is 18.7 Å². The lowest BCUT2D eigenvalue weighted by Gasteiger charge is -2.08. The van der Waals surface area contributed by atoms with Crippen molar-refractivity contribution in [2.24, 2.45) is 0 Å². The number of aromatic nitrogens is 2. The third-order valence-electron chi connectivity index (χ3n) is 3.33. The molecule has 0 saturated carbocycles. The maximum absolute atomic E-state index is 13.7. The van der Waals surface area contributed by atoms with E-state index in [-0.39, 0.29) is 17.8 Å². The molecular weight excluding hydrogens is 320 g/mol. The summed E-state index contributed by atoms with van der Waals surface area (Å²) in [6.45, 7) is -0.0531. The fourth-order valence-corrected chi connectivity index (χ4v) is 2.11. The molecule has 124 valence electrons. The molecule has 1 atom stereocenters. The Hall–Kier alpha value is -3.00. The van der Waals surface area contributed by atoms with Gasteiger partial charge in [0.1, 0.15) is 23.4 Å². The average Bonchev–Trinajstić information content (AvgIpc) is 3.23. The van der Waals surface area contributed by atoms with Crippen molar-refractivity contribution < 1.29 is 23.1 Å². The van der Waals surface area contributed by atoms with Crippen molar-refractivity contribution in [1.29, 1.82) is 0 Å². The SMILES string of the molecule is O=C(NCC(O)c1ccco1)c1cnn(-c2ccc(F)cc2F)c1. The first-order valence-electron chi connectivity index (χ1n) is 7.04. The van der Waals surface area contributed by atoms with Crippen molar-refractivity contribution >= 4 is 5.91 Å². The van der Waals surface area contributed by atoms with E-state index in [0.29, 0.717) is 5.76 Å². The molecule has 6 nitrogen and oxygen atoms in total. The number of amides is 1. The Kier molecular flexibility index (Phi) is 4.39. The van der Waals surface area contributed by atoms with Gasteiger partial charge in [-0.15, -0.1) is 0 Å². The zero-order chi connectivity index (χ0) is 17.1. The fourth-order valence-electron chi connectivity index (χ4n) is 2.11. The maximum atomic E-state index is 13.7. The number of nitrogens with one attached hydrogen (secondary N) is 1. The maximum Gasteiger partial charge on any atom is 0.254 e. The topological polar surface area (TPSA) is 80.3 Å². The molecule has 0 aliphatic rings. The van der Waals surface area contributed by atoms with Gasteiger partial charge in [0.15, 0.2) is 5.82 Å². The van der Waals surface area contributed by atoms with Crippen molar-refractivity contribution in [1.82, 2.24) is 15.1 Å². The second-order valence-electron chi connectivity index (χ2n) is 5.01. The number of halogens is 2. The molecule has 24 heavy (non-hydrogen) atoms. The quantitative estimate of drug-likeness (QED) is 0.750. The summed E-state index contributed by atoms with van der Waals surface area (Å²) in [5, 5.41) is 16.2. The van der Waals surface area contributed by atoms with E-state index in [1.165, 1.54) is 24.7 Å². The molecule has 0 aliphatic carbocycles. The minimum absolute atomic E-state index is 0.0195. The predicted octanol–water partition coefficient (Wildman–Crippen LogP) is 2.21. The first-order chi connectivity index (χ1) is 11.5. The lowest BCUT2D eigenvalue weighted by Crippen LogP contribution is -2.28. The number of rotatable bonds is 5. The van der Waals surface area contributed by atoms with E-state index in [1.807, 2.05) is 0 Å². The minimum atomic E-state index is -0.978. The summed E-state index contributed by atoms with van der Waals surface area (Å²) in [6, 6.07) is 6.27. The Labute approximate surface area is 135 Å². The van der Waals surface area contributed by atoms with Crippen molar-refractivity contribution in [3.8, 4) is 5.69 Å². The summed E-state index contributed by atoms with van der Waals surface area (Å²) in [6.07, 6.45) is 3.00. The summed E-state index contributed by atoms with van der Waals surface area (Å²) >= 11 is 0. The molecule has 0 aliphatic heterocycles. The Morgan fingerprint density at radius 3 is 2.92 bits per heavy atom. The lowest BCUT2D eigenvalue weighted by molar-refractivity contribution is 0.0901. The third kappa shape index (κ3) is 3.33. The number of aliphatic hydroxyl groups excluding tert-OH is 1. The molecule has 1 unspecified atom stereocenters. The van der Waals surface area contributed by atoms with Crippen LogP contribution in [0.2, 0.25) is 0 Å². The number of benzene rings is 1. The molecule has 2 aromatic heterocycles. The molecule has 0 spiro atoms. The summed E-state index contributed by atoms with van der Waals surface area (Å²) in [5.41, 5.74) is 0.191. The van der Waals surface area contributed by atoms with Crippen LogP contribution in [-0.4, -0.2) is 27.3 Å². The Morgan fingerprint density at radius 2 is 2.21 bits per heavy atom. The number of hydrogen-bond donors (Lipinski definition) is 2. The normalized spacial score (nSPS) is 12.1. The number of hydrogen-bond acceptors (Lipinski definition) is 4. The highest BCUT2D eigenvalue weighted by molar-refractivity contribution is 5.93.